The van der Waals surface area contributed by atoms with Crippen LogP contribution in [0.1, 0.15) is 36.7 Å². The number of hydrogen-bond donors (Lipinski definition) is 2. The van der Waals surface area contributed by atoms with Gasteiger partial charge in [-0.25, -0.2) is 9.67 Å². The third kappa shape index (κ3) is 3.62. The number of methoxy groups -OCH3 is 1. The normalized spacial score (nSPS) is 22.6. The second-order valence-corrected chi connectivity index (χ2v) is 6.93. The number of halogens is 1. The van der Waals surface area contributed by atoms with E-state index in [1.807, 2.05) is 24.9 Å². The molecular weight excluding hydrogens is 368 g/mol. The van der Waals surface area contributed by atoms with Crippen molar-refractivity contribution in [2.75, 3.05) is 7.11 Å². The van der Waals surface area contributed by atoms with Crippen molar-refractivity contribution in [1.29, 1.82) is 0 Å². The Balaban J connectivity index is 0.00000210. The monoisotopic (exact) mass is 392 g/mol. The van der Waals surface area contributed by atoms with Crippen molar-refractivity contribution in [2.24, 2.45) is 12.8 Å². The molecule has 0 unspecified atom stereocenters. The van der Waals surface area contributed by atoms with Crippen LogP contribution >= 0.6 is 12.4 Å². The number of aromatic nitrogens is 7. The molecule has 0 bridgehead atoms. The molecule has 3 atom stereocenters. The van der Waals surface area contributed by atoms with Gasteiger partial charge in [0.15, 0.2) is 5.82 Å². The molecule has 146 valence electrons. The van der Waals surface area contributed by atoms with E-state index in [0.29, 0.717) is 5.82 Å². The van der Waals surface area contributed by atoms with E-state index in [-0.39, 0.29) is 30.5 Å². The summed E-state index contributed by atoms with van der Waals surface area (Å²) in [6.45, 7) is 1.96. The van der Waals surface area contributed by atoms with Gasteiger partial charge in [0.1, 0.15) is 11.5 Å². The van der Waals surface area contributed by atoms with Crippen molar-refractivity contribution in [3.05, 3.63) is 30.1 Å². The van der Waals surface area contributed by atoms with Gasteiger partial charge in [-0.15, -0.1) is 17.5 Å². The summed E-state index contributed by atoms with van der Waals surface area (Å²) >= 11 is 0. The highest BCUT2D eigenvalue weighted by atomic mass is 35.5. The highest BCUT2D eigenvalue weighted by Crippen LogP contribution is 2.34. The maximum absolute atomic E-state index is 6.32. The molecule has 27 heavy (non-hydrogen) atoms. The molecule has 1 aliphatic rings. The summed E-state index contributed by atoms with van der Waals surface area (Å²) in [5.74, 6) is 1.81. The van der Waals surface area contributed by atoms with Crippen molar-refractivity contribution >= 4 is 12.4 Å². The number of aryl methyl sites for hydroxylation is 2. The zero-order chi connectivity index (χ0) is 18.3. The number of aromatic amines is 1. The first-order chi connectivity index (χ1) is 12.6. The van der Waals surface area contributed by atoms with Gasteiger partial charge >= 0.3 is 0 Å². The van der Waals surface area contributed by atoms with Crippen LogP contribution in [0.3, 0.4) is 0 Å². The van der Waals surface area contributed by atoms with E-state index >= 15 is 0 Å². The molecule has 1 fully saturated rings. The molecule has 3 aromatic heterocycles. The van der Waals surface area contributed by atoms with E-state index in [9.17, 15) is 0 Å². The number of rotatable bonds is 4. The summed E-state index contributed by atoms with van der Waals surface area (Å²) in [7, 11) is 3.61. The van der Waals surface area contributed by atoms with Crippen LogP contribution in [-0.2, 0) is 11.8 Å². The Morgan fingerprint density at radius 1 is 1.30 bits per heavy atom. The van der Waals surface area contributed by atoms with Gasteiger partial charge in [0.2, 0.25) is 0 Å². The molecule has 4 rings (SSSR count). The Labute approximate surface area is 163 Å². The van der Waals surface area contributed by atoms with E-state index in [2.05, 4.69) is 15.3 Å². The molecule has 1 aliphatic carbocycles. The van der Waals surface area contributed by atoms with Gasteiger partial charge in [0.05, 0.1) is 30.3 Å². The zero-order valence-corrected chi connectivity index (χ0v) is 16.5. The maximum Gasteiger partial charge on any atom is 0.185 e. The van der Waals surface area contributed by atoms with Crippen molar-refractivity contribution in [3.8, 4) is 17.1 Å². The van der Waals surface area contributed by atoms with Crippen molar-refractivity contribution in [3.63, 3.8) is 0 Å². The van der Waals surface area contributed by atoms with Crippen molar-refractivity contribution in [2.45, 2.75) is 44.2 Å². The third-order valence-corrected chi connectivity index (χ3v) is 5.14. The summed E-state index contributed by atoms with van der Waals surface area (Å²) in [4.78, 5) is 4.87. The zero-order valence-electron chi connectivity index (χ0n) is 15.7. The molecule has 0 amide bonds. The number of nitrogens with zero attached hydrogens (tertiary/aromatic N) is 6. The molecule has 0 saturated heterocycles. The molecule has 10 heteroatoms. The Morgan fingerprint density at radius 2 is 2.11 bits per heavy atom. The van der Waals surface area contributed by atoms with Crippen LogP contribution in [0.15, 0.2) is 18.6 Å². The molecule has 9 nitrogen and oxygen atoms in total. The Kier molecular flexibility index (Phi) is 5.64. The number of nitrogens with two attached hydrogens (primary N) is 1. The van der Waals surface area contributed by atoms with E-state index in [4.69, 9.17) is 20.6 Å². The standard InChI is InChI=1S/C17H24N8O.ClH/c1-10-13(8-19-22-10)16-21-17(11-4-5-15(26-3)14(18)6-11)25(23-16)12-7-20-24(2)9-12;/h7-9,11,14-15H,4-6,18H2,1-3H3,(H,19,22);1H/t11-,14+,15+;/m0./s1. The SMILES string of the molecule is CO[C@@H]1CC[C@H](c2nc(-c3cn[nH]c3C)nn2-c2cnn(C)c2)C[C@H]1N.Cl. The molecule has 1 saturated carbocycles. The van der Waals surface area contributed by atoms with Crippen LogP contribution in [-0.4, -0.2) is 54.0 Å². The largest absolute Gasteiger partial charge is 0.380 e. The summed E-state index contributed by atoms with van der Waals surface area (Å²) in [6.07, 6.45) is 8.31. The Hall–Kier alpha value is -2.23. The van der Waals surface area contributed by atoms with E-state index < -0.39 is 0 Å². The quantitative estimate of drug-likeness (QED) is 0.699. The van der Waals surface area contributed by atoms with Gasteiger partial charge in [-0.05, 0) is 26.2 Å². The highest BCUT2D eigenvalue weighted by molar-refractivity contribution is 5.85. The smallest absolute Gasteiger partial charge is 0.185 e. The molecule has 0 aliphatic heterocycles. The molecule has 0 aromatic carbocycles. The van der Waals surface area contributed by atoms with Crippen LogP contribution in [0.2, 0.25) is 0 Å². The van der Waals surface area contributed by atoms with Crippen LogP contribution in [0.5, 0.6) is 0 Å². The van der Waals surface area contributed by atoms with E-state index in [0.717, 1.165) is 42.0 Å². The summed E-state index contributed by atoms with van der Waals surface area (Å²) in [6, 6.07) is -0.00286. The first-order valence-corrected chi connectivity index (χ1v) is 8.81. The summed E-state index contributed by atoms with van der Waals surface area (Å²) < 4.78 is 9.14. The maximum atomic E-state index is 6.32. The molecule has 0 spiro atoms. The first-order valence-electron chi connectivity index (χ1n) is 8.81. The van der Waals surface area contributed by atoms with Crippen LogP contribution in [0.4, 0.5) is 0 Å². The predicted molar refractivity (Wildman–Crippen MR) is 103 cm³/mol. The van der Waals surface area contributed by atoms with Gasteiger partial charge in [0.25, 0.3) is 0 Å². The third-order valence-electron chi connectivity index (χ3n) is 5.14. The summed E-state index contributed by atoms with van der Waals surface area (Å²) in [5, 5.41) is 16.1. The number of H-pyrrole nitrogens is 1. The minimum absolute atomic E-state index is 0. The lowest BCUT2D eigenvalue weighted by atomic mass is 9.83. The average molecular weight is 393 g/mol. The van der Waals surface area contributed by atoms with Crippen molar-refractivity contribution in [1.82, 2.24) is 34.7 Å². The fourth-order valence-corrected chi connectivity index (χ4v) is 3.69. The van der Waals surface area contributed by atoms with Crippen LogP contribution < -0.4 is 5.73 Å². The fraction of sp³-hybridized carbons (Fsp3) is 0.529. The van der Waals surface area contributed by atoms with Gasteiger partial charge in [0, 0.05) is 31.8 Å². The molecule has 3 aromatic rings. The second-order valence-electron chi connectivity index (χ2n) is 6.93. The van der Waals surface area contributed by atoms with Gasteiger partial charge in [-0.2, -0.15) is 10.2 Å². The minimum Gasteiger partial charge on any atom is -0.380 e. The van der Waals surface area contributed by atoms with Crippen molar-refractivity contribution < 1.29 is 4.74 Å². The number of nitrogens with one attached hydrogen (secondary N) is 1. The van der Waals surface area contributed by atoms with E-state index in [1.165, 1.54) is 0 Å². The van der Waals surface area contributed by atoms with Crippen LogP contribution in [0, 0.1) is 6.92 Å². The number of ether oxygens (including phenoxy) is 1. The molecule has 3 heterocycles. The lowest BCUT2D eigenvalue weighted by Crippen LogP contribution is -2.41. The number of hydrogen-bond acceptors (Lipinski definition) is 6. The average Bonchev–Trinajstić information content (AvgIpc) is 3.33. The minimum atomic E-state index is -0.00286. The van der Waals surface area contributed by atoms with Gasteiger partial charge < -0.3 is 10.5 Å². The molecule has 0 radical (unpaired) electrons. The second kappa shape index (κ2) is 7.79. The topological polar surface area (TPSA) is 112 Å². The molecule has 3 N–H and O–H groups in total. The predicted octanol–water partition coefficient (Wildman–Crippen LogP) is 1.73. The van der Waals surface area contributed by atoms with Crippen LogP contribution in [0.25, 0.3) is 17.1 Å². The molecular formula is C17H25ClN8O. The Bertz CT molecular complexity index is 901. The highest BCUT2D eigenvalue weighted by Gasteiger charge is 2.32. The lowest BCUT2D eigenvalue weighted by Gasteiger charge is -2.32. The first kappa shape index (κ1) is 19.5. The Morgan fingerprint density at radius 3 is 2.70 bits per heavy atom. The fourth-order valence-electron chi connectivity index (χ4n) is 3.69. The summed E-state index contributed by atoms with van der Waals surface area (Å²) in [5.41, 5.74) is 9.07. The van der Waals surface area contributed by atoms with Gasteiger partial charge in [-0.3, -0.25) is 9.78 Å². The lowest BCUT2D eigenvalue weighted by molar-refractivity contribution is 0.0482. The van der Waals surface area contributed by atoms with Gasteiger partial charge in [-0.1, -0.05) is 0 Å². The van der Waals surface area contributed by atoms with E-state index in [1.54, 1.807) is 24.2 Å².